The number of rotatable bonds is 4. The number of aromatic nitrogens is 2. The Morgan fingerprint density at radius 1 is 1.19 bits per heavy atom. The molecule has 4 rings (SSSR count). The van der Waals surface area contributed by atoms with Crippen molar-refractivity contribution in [2.45, 2.75) is 46.7 Å². The summed E-state index contributed by atoms with van der Waals surface area (Å²) in [7, 11) is 0. The summed E-state index contributed by atoms with van der Waals surface area (Å²) in [4.78, 5) is 7.48. The van der Waals surface area contributed by atoms with Crippen molar-refractivity contribution in [3.63, 3.8) is 0 Å². The maximum absolute atomic E-state index is 6.53. The van der Waals surface area contributed by atoms with Crippen LogP contribution in [0.15, 0.2) is 30.5 Å². The van der Waals surface area contributed by atoms with Crippen LogP contribution >= 0.6 is 23.2 Å². The monoisotopic (exact) mass is 401 g/mol. The maximum Gasteiger partial charge on any atom is 0.0984 e. The summed E-state index contributed by atoms with van der Waals surface area (Å²) < 4.78 is 2.36. The van der Waals surface area contributed by atoms with Crippen molar-refractivity contribution in [1.29, 1.82) is 0 Å². The lowest BCUT2D eigenvalue weighted by Crippen LogP contribution is -2.43. The van der Waals surface area contributed by atoms with E-state index in [-0.39, 0.29) is 0 Å². The minimum absolute atomic E-state index is 0.492. The Kier molecular flexibility index (Phi) is 4.85. The first-order valence-electron chi connectivity index (χ1n) is 9.61. The first-order chi connectivity index (χ1) is 12.9. The Bertz CT molecular complexity index is 1010. The number of hydrogen-bond donors (Lipinski definition) is 0. The van der Waals surface area contributed by atoms with Crippen molar-refractivity contribution >= 4 is 39.9 Å². The third-order valence-electron chi connectivity index (χ3n) is 5.34. The molecule has 1 aliphatic rings. The molecule has 0 radical (unpaired) electrons. The summed E-state index contributed by atoms with van der Waals surface area (Å²) in [6.45, 7) is 10.9. The molecule has 0 aliphatic carbocycles. The molecule has 3 aromatic rings. The first kappa shape index (κ1) is 18.6. The third-order valence-corrected chi connectivity index (χ3v) is 5.89. The fourth-order valence-electron chi connectivity index (χ4n) is 4.18. The van der Waals surface area contributed by atoms with Gasteiger partial charge < -0.3 is 9.47 Å². The number of hydrogen-bond acceptors (Lipinski definition) is 2. The number of pyridine rings is 1. The zero-order valence-electron chi connectivity index (χ0n) is 16.3. The molecule has 5 heteroatoms. The summed E-state index contributed by atoms with van der Waals surface area (Å²) in [6, 6.07) is 8.41. The van der Waals surface area contributed by atoms with Crippen LogP contribution in [0.5, 0.6) is 0 Å². The second-order valence-corrected chi connectivity index (χ2v) is 8.75. The predicted octanol–water partition coefficient (Wildman–Crippen LogP) is 6.57. The summed E-state index contributed by atoms with van der Waals surface area (Å²) in [5, 5.41) is 1.31. The molecule has 0 saturated heterocycles. The summed E-state index contributed by atoms with van der Waals surface area (Å²) in [5.41, 5.74) is 6.63. The molecule has 142 valence electrons. The molecule has 0 saturated carbocycles. The summed E-state index contributed by atoms with van der Waals surface area (Å²) in [5.74, 6) is 0.606. The van der Waals surface area contributed by atoms with Crippen LogP contribution in [0.4, 0.5) is 5.69 Å². The Morgan fingerprint density at radius 3 is 2.63 bits per heavy atom. The fourth-order valence-corrected chi connectivity index (χ4v) is 4.69. The van der Waals surface area contributed by atoms with Gasteiger partial charge in [0.25, 0.3) is 0 Å². The molecule has 0 N–H and O–H groups in total. The standard InChI is InChI=1S/C22H25Cl2N3/c1-5-16-11-26-12-18(17-7-6-15(23)9-19(17)24)21-22(26)20(8-14(4)25-21)27(16)10-13(2)3/h6-9,12-13,16H,5,10-11H2,1-4H3. The Morgan fingerprint density at radius 2 is 1.96 bits per heavy atom. The second kappa shape index (κ2) is 7.03. The van der Waals surface area contributed by atoms with Crippen molar-refractivity contribution in [3.05, 3.63) is 46.2 Å². The molecule has 0 bridgehead atoms. The lowest BCUT2D eigenvalue weighted by Gasteiger charge is -2.39. The van der Waals surface area contributed by atoms with E-state index in [0.717, 1.165) is 41.8 Å². The van der Waals surface area contributed by atoms with Crippen LogP contribution in [-0.2, 0) is 6.54 Å². The van der Waals surface area contributed by atoms with Gasteiger partial charge >= 0.3 is 0 Å². The molecule has 1 atom stereocenters. The van der Waals surface area contributed by atoms with Gasteiger partial charge in [-0.25, -0.2) is 0 Å². The molecule has 1 unspecified atom stereocenters. The number of aryl methyl sites for hydroxylation is 1. The van der Waals surface area contributed by atoms with Gasteiger partial charge in [0.05, 0.1) is 21.7 Å². The van der Waals surface area contributed by atoms with E-state index in [1.165, 1.54) is 11.2 Å². The van der Waals surface area contributed by atoms with Gasteiger partial charge in [-0.05, 0) is 37.5 Å². The van der Waals surface area contributed by atoms with E-state index in [0.29, 0.717) is 22.0 Å². The molecule has 3 heterocycles. The van der Waals surface area contributed by atoms with Gasteiger partial charge in [0.1, 0.15) is 0 Å². The van der Waals surface area contributed by atoms with Crippen molar-refractivity contribution in [1.82, 2.24) is 9.55 Å². The summed E-state index contributed by atoms with van der Waals surface area (Å²) >= 11 is 12.6. The van der Waals surface area contributed by atoms with Crippen molar-refractivity contribution in [2.24, 2.45) is 5.92 Å². The van der Waals surface area contributed by atoms with Crippen LogP contribution in [-0.4, -0.2) is 22.1 Å². The molecular weight excluding hydrogens is 377 g/mol. The van der Waals surface area contributed by atoms with Crippen LogP contribution in [0.1, 0.15) is 32.9 Å². The Hall–Kier alpha value is -1.71. The average Bonchev–Trinajstić information content (AvgIpc) is 2.95. The van der Waals surface area contributed by atoms with Crippen LogP contribution in [0.3, 0.4) is 0 Å². The van der Waals surface area contributed by atoms with Gasteiger partial charge in [0, 0.05) is 47.2 Å². The highest BCUT2D eigenvalue weighted by molar-refractivity contribution is 6.36. The highest BCUT2D eigenvalue weighted by Gasteiger charge is 2.29. The van der Waals surface area contributed by atoms with E-state index in [2.05, 4.69) is 49.4 Å². The molecule has 0 spiro atoms. The van der Waals surface area contributed by atoms with Crippen molar-refractivity contribution < 1.29 is 0 Å². The lowest BCUT2D eigenvalue weighted by atomic mass is 10.0. The fraction of sp³-hybridized carbons (Fsp3) is 0.409. The highest BCUT2D eigenvalue weighted by atomic mass is 35.5. The molecule has 1 aromatic carbocycles. The largest absolute Gasteiger partial charge is 0.365 e. The normalized spacial score (nSPS) is 16.6. The number of halogens is 2. The molecule has 0 fully saturated rings. The van der Waals surface area contributed by atoms with E-state index >= 15 is 0 Å². The van der Waals surface area contributed by atoms with E-state index in [1.54, 1.807) is 6.07 Å². The topological polar surface area (TPSA) is 21.1 Å². The van der Waals surface area contributed by atoms with Crippen LogP contribution in [0.2, 0.25) is 10.0 Å². The number of anilines is 1. The smallest absolute Gasteiger partial charge is 0.0984 e. The van der Waals surface area contributed by atoms with Gasteiger partial charge in [0.15, 0.2) is 0 Å². The zero-order chi connectivity index (χ0) is 19.3. The molecule has 27 heavy (non-hydrogen) atoms. The second-order valence-electron chi connectivity index (χ2n) is 7.91. The lowest BCUT2D eigenvalue weighted by molar-refractivity contribution is 0.458. The van der Waals surface area contributed by atoms with Crippen molar-refractivity contribution in [3.8, 4) is 11.1 Å². The average molecular weight is 402 g/mol. The van der Waals surface area contributed by atoms with E-state index in [1.807, 2.05) is 12.1 Å². The van der Waals surface area contributed by atoms with E-state index in [4.69, 9.17) is 28.2 Å². The SMILES string of the molecule is CCC1Cn2cc(-c3ccc(Cl)cc3Cl)c3nc(C)cc(c32)N1CC(C)C. The van der Waals surface area contributed by atoms with Gasteiger partial charge in [-0.15, -0.1) is 0 Å². The van der Waals surface area contributed by atoms with Gasteiger partial charge in [-0.1, -0.05) is 50.0 Å². The molecule has 1 aliphatic heterocycles. The van der Waals surface area contributed by atoms with Gasteiger partial charge in [-0.2, -0.15) is 0 Å². The quantitative estimate of drug-likeness (QED) is 0.492. The molecule has 0 amide bonds. The van der Waals surface area contributed by atoms with Crippen LogP contribution in [0.25, 0.3) is 22.2 Å². The van der Waals surface area contributed by atoms with Crippen LogP contribution in [0, 0.1) is 12.8 Å². The van der Waals surface area contributed by atoms with Gasteiger partial charge in [-0.3, -0.25) is 4.98 Å². The molecule has 3 nitrogen and oxygen atoms in total. The minimum atomic E-state index is 0.492. The van der Waals surface area contributed by atoms with Crippen molar-refractivity contribution in [2.75, 3.05) is 11.4 Å². The number of benzene rings is 1. The molecular formula is C22H25Cl2N3. The van der Waals surface area contributed by atoms with Crippen LogP contribution < -0.4 is 4.90 Å². The Balaban J connectivity index is 1.97. The number of nitrogens with zero attached hydrogens (tertiary/aromatic N) is 3. The minimum Gasteiger partial charge on any atom is -0.365 e. The highest BCUT2D eigenvalue weighted by Crippen LogP contribution is 2.42. The Labute approximate surface area is 170 Å². The predicted molar refractivity (Wildman–Crippen MR) is 116 cm³/mol. The van der Waals surface area contributed by atoms with E-state index < -0.39 is 0 Å². The summed E-state index contributed by atoms with van der Waals surface area (Å²) in [6.07, 6.45) is 3.33. The third kappa shape index (κ3) is 3.21. The van der Waals surface area contributed by atoms with E-state index in [9.17, 15) is 0 Å². The zero-order valence-corrected chi connectivity index (χ0v) is 17.8. The first-order valence-corrected chi connectivity index (χ1v) is 10.4. The molecule has 2 aromatic heterocycles. The van der Waals surface area contributed by atoms with Gasteiger partial charge in [0.2, 0.25) is 0 Å². The maximum atomic E-state index is 6.53.